The molecule has 0 amide bonds. The van der Waals surface area contributed by atoms with Gasteiger partial charge in [0.15, 0.2) is 5.11 Å². The maximum absolute atomic E-state index is 6.21. The van der Waals surface area contributed by atoms with Gasteiger partial charge < -0.3 is 10.6 Å². The minimum Gasteiger partial charge on any atom is -0.362 e. The van der Waals surface area contributed by atoms with Crippen molar-refractivity contribution in [3.05, 3.63) is 62.6 Å². The summed E-state index contributed by atoms with van der Waals surface area (Å²) in [5.74, 6) is 0. The van der Waals surface area contributed by atoms with E-state index in [0.717, 1.165) is 40.9 Å². The molecule has 0 spiro atoms. The first kappa shape index (κ1) is 21.1. The van der Waals surface area contributed by atoms with Gasteiger partial charge in [0.05, 0.1) is 28.6 Å². The normalized spacial score (nSPS) is 10.9. The molecule has 10 heteroatoms. The Kier molecular flexibility index (Phi) is 7.34. The largest absolute Gasteiger partial charge is 0.362 e. The quantitative estimate of drug-likeness (QED) is 0.356. The monoisotopic (exact) mass is 500 g/mol. The van der Waals surface area contributed by atoms with Crippen molar-refractivity contribution in [2.45, 2.75) is 26.4 Å². The molecule has 3 aromatic rings. The van der Waals surface area contributed by atoms with Crippen LogP contribution in [0.25, 0.3) is 0 Å². The summed E-state index contributed by atoms with van der Waals surface area (Å²) in [6, 6.07) is 5.43. The first-order valence-electron chi connectivity index (χ1n) is 8.61. The Morgan fingerprint density at radius 3 is 2.79 bits per heavy atom. The van der Waals surface area contributed by atoms with Crippen molar-refractivity contribution in [2.75, 3.05) is 11.9 Å². The standard InChI is InChI=1S/C18H19BrCl2N6S/c1-12-16(19)11-26(25-12)6-2-5-22-18(28)24-15-8-23-27(10-15)9-13-3-4-14(20)7-17(13)21/h3-4,7-8,10-11H,2,5-6,9H2,1H3,(H2,22,24,28). The second-order valence-electron chi connectivity index (χ2n) is 6.22. The number of anilines is 1. The van der Waals surface area contributed by atoms with E-state index < -0.39 is 0 Å². The molecule has 2 aromatic heterocycles. The third-order valence-electron chi connectivity index (χ3n) is 3.97. The molecule has 0 atom stereocenters. The van der Waals surface area contributed by atoms with E-state index in [9.17, 15) is 0 Å². The zero-order valence-corrected chi connectivity index (χ0v) is 19.0. The molecule has 0 bridgehead atoms. The zero-order valence-electron chi connectivity index (χ0n) is 15.1. The van der Waals surface area contributed by atoms with Crippen LogP contribution >= 0.6 is 51.3 Å². The van der Waals surface area contributed by atoms with Crippen molar-refractivity contribution >= 4 is 62.1 Å². The fourth-order valence-electron chi connectivity index (χ4n) is 2.57. The first-order valence-corrected chi connectivity index (χ1v) is 10.6. The molecule has 0 saturated carbocycles. The van der Waals surface area contributed by atoms with Gasteiger partial charge in [0.25, 0.3) is 0 Å². The third kappa shape index (κ3) is 5.94. The molecule has 3 rings (SSSR count). The average Bonchev–Trinajstić information content (AvgIpc) is 3.20. The fraction of sp³-hybridized carbons (Fsp3) is 0.278. The number of hydrogen-bond donors (Lipinski definition) is 2. The molecule has 6 nitrogen and oxygen atoms in total. The molecule has 0 aliphatic carbocycles. The van der Waals surface area contributed by atoms with Gasteiger partial charge in [0, 0.05) is 35.5 Å². The number of thiocarbonyl (C=S) groups is 1. The minimum absolute atomic E-state index is 0.552. The SMILES string of the molecule is Cc1nn(CCCNC(=S)Nc2cnn(Cc3ccc(Cl)cc3Cl)c2)cc1Br. The van der Waals surface area contributed by atoms with Crippen LogP contribution in [0.4, 0.5) is 5.69 Å². The maximum Gasteiger partial charge on any atom is 0.170 e. The second-order valence-corrected chi connectivity index (χ2v) is 8.33. The van der Waals surface area contributed by atoms with Crippen LogP contribution in [-0.2, 0) is 13.1 Å². The van der Waals surface area contributed by atoms with E-state index in [4.69, 9.17) is 35.4 Å². The van der Waals surface area contributed by atoms with Crippen LogP contribution in [0.3, 0.4) is 0 Å². The molecule has 0 fully saturated rings. The van der Waals surface area contributed by atoms with Crippen molar-refractivity contribution in [3.8, 4) is 0 Å². The third-order valence-corrected chi connectivity index (χ3v) is 5.59. The van der Waals surface area contributed by atoms with Gasteiger partial charge in [-0.15, -0.1) is 0 Å². The van der Waals surface area contributed by atoms with E-state index >= 15 is 0 Å². The number of benzene rings is 1. The van der Waals surface area contributed by atoms with Crippen molar-refractivity contribution in [1.82, 2.24) is 24.9 Å². The smallest absolute Gasteiger partial charge is 0.170 e. The van der Waals surface area contributed by atoms with E-state index in [2.05, 4.69) is 36.8 Å². The molecular weight excluding hydrogens is 483 g/mol. The molecule has 2 N–H and O–H groups in total. The van der Waals surface area contributed by atoms with Gasteiger partial charge in [-0.05, 0) is 59.2 Å². The summed E-state index contributed by atoms with van der Waals surface area (Å²) in [5, 5.41) is 16.9. The molecular formula is C18H19BrCl2N6S. The van der Waals surface area contributed by atoms with E-state index in [1.54, 1.807) is 16.9 Å². The summed E-state index contributed by atoms with van der Waals surface area (Å²) in [7, 11) is 0. The van der Waals surface area contributed by atoms with E-state index in [-0.39, 0.29) is 0 Å². The van der Waals surface area contributed by atoms with Crippen LogP contribution in [-0.4, -0.2) is 31.2 Å². The Balaban J connectivity index is 1.43. The van der Waals surface area contributed by atoms with Gasteiger partial charge in [0.2, 0.25) is 0 Å². The summed E-state index contributed by atoms with van der Waals surface area (Å²) in [5.41, 5.74) is 2.75. The molecule has 2 heterocycles. The lowest BCUT2D eigenvalue weighted by atomic mass is 10.2. The topological polar surface area (TPSA) is 59.7 Å². The molecule has 0 radical (unpaired) electrons. The number of hydrogen-bond acceptors (Lipinski definition) is 3. The summed E-state index contributed by atoms with van der Waals surface area (Å²) < 4.78 is 4.73. The molecule has 28 heavy (non-hydrogen) atoms. The first-order chi connectivity index (χ1) is 13.4. The second kappa shape index (κ2) is 9.73. The Hall–Kier alpha value is -1.61. The molecule has 0 unspecified atom stereocenters. The Labute approximate surface area is 187 Å². The molecule has 0 aliphatic heterocycles. The van der Waals surface area contributed by atoms with Crippen LogP contribution in [0, 0.1) is 6.92 Å². The number of rotatable bonds is 7. The van der Waals surface area contributed by atoms with Crippen molar-refractivity contribution in [1.29, 1.82) is 0 Å². The van der Waals surface area contributed by atoms with Crippen LogP contribution in [0.2, 0.25) is 10.0 Å². The van der Waals surface area contributed by atoms with E-state index in [1.165, 1.54) is 0 Å². The molecule has 0 aliphatic rings. The highest BCUT2D eigenvalue weighted by atomic mass is 79.9. The number of aryl methyl sites for hydroxylation is 2. The van der Waals surface area contributed by atoms with Gasteiger partial charge >= 0.3 is 0 Å². The van der Waals surface area contributed by atoms with Gasteiger partial charge in [0.1, 0.15) is 0 Å². The maximum atomic E-state index is 6.21. The van der Waals surface area contributed by atoms with Crippen LogP contribution in [0.5, 0.6) is 0 Å². The number of halogens is 3. The van der Waals surface area contributed by atoms with Crippen LogP contribution in [0.1, 0.15) is 17.7 Å². The predicted octanol–water partition coefficient (Wildman–Crippen LogP) is 4.88. The minimum atomic E-state index is 0.552. The highest BCUT2D eigenvalue weighted by Gasteiger charge is 2.06. The van der Waals surface area contributed by atoms with E-state index in [0.29, 0.717) is 21.7 Å². The summed E-state index contributed by atoms with van der Waals surface area (Å²) >= 11 is 21.0. The van der Waals surface area contributed by atoms with Crippen molar-refractivity contribution in [2.24, 2.45) is 0 Å². The van der Waals surface area contributed by atoms with Crippen LogP contribution < -0.4 is 10.6 Å². The molecule has 1 aromatic carbocycles. The lowest BCUT2D eigenvalue weighted by molar-refractivity contribution is 0.570. The van der Waals surface area contributed by atoms with Gasteiger partial charge in [-0.1, -0.05) is 29.3 Å². The summed E-state index contributed by atoms with van der Waals surface area (Å²) in [6.07, 6.45) is 6.49. The predicted molar refractivity (Wildman–Crippen MR) is 121 cm³/mol. The van der Waals surface area contributed by atoms with Crippen molar-refractivity contribution in [3.63, 3.8) is 0 Å². The molecule has 0 saturated heterocycles. The lowest BCUT2D eigenvalue weighted by Crippen LogP contribution is -2.29. The van der Waals surface area contributed by atoms with Gasteiger partial charge in [-0.3, -0.25) is 9.36 Å². The molecule has 148 valence electrons. The van der Waals surface area contributed by atoms with E-state index in [1.807, 2.05) is 36.1 Å². The fourth-order valence-corrected chi connectivity index (χ4v) is 3.57. The van der Waals surface area contributed by atoms with Crippen molar-refractivity contribution < 1.29 is 0 Å². The van der Waals surface area contributed by atoms with Gasteiger partial charge in [-0.25, -0.2) is 0 Å². The highest BCUT2D eigenvalue weighted by Crippen LogP contribution is 2.22. The summed E-state index contributed by atoms with van der Waals surface area (Å²) in [4.78, 5) is 0. The number of nitrogens with zero attached hydrogens (tertiary/aromatic N) is 4. The van der Waals surface area contributed by atoms with Gasteiger partial charge in [-0.2, -0.15) is 10.2 Å². The summed E-state index contributed by atoms with van der Waals surface area (Å²) in [6.45, 7) is 4.09. The number of aromatic nitrogens is 4. The number of nitrogens with one attached hydrogen (secondary N) is 2. The Bertz CT molecular complexity index is 951. The average molecular weight is 502 g/mol. The Morgan fingerprint density at radius 2 is 2.07 bits per heavy atom. The Morgan fingerprint density at radius 1 is 1.25 bits per heavy atom. The lowest BCUT2D eigenvalue weighted by Gasteiger charge is -2.09. The highest BCUT2D eigenvalue weighted by molar-refractivity contribution is 9.10. The zero-order chi connectivity index (χ0) is 20.1. The van der Waals surface area contributed by atoms with Crippen LogP contribution in [0.15, 0.2) is 41.3 Å².